The van der Waals surface area contributed by atoms with Crippen LogP contribution in [0, 0.1) is 0 Å². The number of rotatable bonds is 12. The lowest BCUT2D eigenvalue weighted by molar-refractivity contribution is -0.139. The third kappa shape index (κ3) is 8.45. The van der Waals surface area contributed by atoms with Gasteiger partial charge in [-0.2, -0.15) is 0 Å². The normalized spacial score (nSPS) is 11.7. The highest BCUT2D eigenvalue weighted by Gasteiger charge is 2.31. The van der Waals surface area contributed by atoms with Crippen molar-refractivity contribution in [1.29, 1.82) is 0 Å². The predicted octanol–water partition coefficient (Wildman–Crippen LogP) is 7.05. The number of hydrogen-bond acceptors (Lipinski definition) is 3. The molecule has 1 atom stereocenters. The summed E-state index contributed by atoms with van der Waals surface area (Å²) in [4.78, 5) is 28.6. The second-order valence-electron chi connectivity index (χ2n) is 8.34. The SMILES string of the molecule is CCCNC(=O)[C@H](Cc1ccccc1)N(Cc1c(Cl)cccc1Cl)C(=O)CSCc1ccc(Cl)cc1. The van der Waals surface area contributed by atoms with E-state index in [1.54, 1.807) is 23.1 Å². The number of hydrogen-bond donors (Lipinski definition) is 1. The molecule has 0 bridgehead atoms. The van der Waals surface area contributed by atoms with Gasteiger partial charge in [-0.15, -0.1) is 11.8 Å². The van der Waals surface area contributed by atoms with Crippen molar-refractivity contribution in [3.05, 3.63) is 105 Å². The van der Waals surface area contributed by atoms with Gasteiger partial charge >= 0.3 is 0 Å². The number of nitrogens with zero attached hydrogens (tertiary/aromatic N) is 1. The van der Waals surface area contributed by atoms with Crippen molar-refractivity contribution in [2.75, 3.05) is 12.3 Å². The molecule has 0 spiro atoms. The van der Waals surface area contributed by atoms with Crippen LogP contribution in [0.4, 0.5) is 0 Å². The fourth-order valence-electron chi connectivity index (χ4n) is 3.69. The fourth-order valence-corrected chi connectivity index (χ4v) is 5.21. The van der Waals surface area contributed by atoms with E-state index in [1.807, 2.05) is 61.5 Å². The molecule has 0 fully saturated rings. The van der Waals surface area contributed by atoms with Crippen molar-refractivity contribution in [2.45, 2.75) is 38.1 Å². The molecule has 0 radical (unpaired) electrons. The third-order valence-electron chi connectivity index (χ3n) is 5.62. The molecule has 3 aromatic rings. The minimum absolute atomic E-state index is 0.135. The zero-order chi connectivity index (χ0) is 25.9. The van der Waals surface area contributed by atoms with Crippen molar-refractivity contribution in [3.8, 4) is 0 Å². The molecule has 2 amide bonds. The minimum atomic E-state index is -0.713. The molecule has 0 aliphatic carbocycles. The summed E-state index contributed by atoms with van der Waals surface area (Å²) < 4.78 is 0. The molecule has 4 nitrogen and oxygen atoms in total. The maximum absolute atomic E-state index is 13.6. The monoisotopic (exact) mass is 562 g/mol. The summed E-state index contributed by atoms with van der Waals surface area (Å²) in [5.74, 6) is 0.504. The van der Waals surface area contributed by atoms with Crippen molar-refractivity contribution in [3.63, 3.8) is 0 Å². The molecule has 3 aromatic carbocycles. The Morgan fingerprint density at radius 2 is 1.56 bits per heavy atom. The van der Waals surface area contributed by atoms with E-state index < -0.39 is 6.04 Å². The van der Waals surface area contributed by atoms with Crippen LogP contribution in [0.1, 0.15) is 30.0 Å². The first-order chi connectivity index (χ1) is 17.4. The van der Waals surface area contributed by atoms with Gasteiger partial charge < -0.3 is 10.2 Å². The number of halogens is 3. The Balaban J connectivity index is 1.87. The molecule has 1 N–H and O–H groups in total. The van der Waals surface area contributed by atoms with Crippen molar-refractivity contribution < 1.29 is 9.59 Å². The summed E-state index contributed by atoms with van der Waals surface area (Å²) in [6.45, 7) is 2.66. The lowest BCUT2D eigenvalue weighted by atomic mass is 10.0. The Hall–Kier alpha value is -2.18. The first-order valence-corrected chi connectivity index (χ1v) is 14.0. The second-order valence-corrected chi connectivity index (χ2v) is 10.6. The molecular formula is C28H29Cl3N2O2S. The summed E-state index contributed by atoms with van der Waals surface area (Å²) in [5.41, 5.74) is 2.66. The van der Waals surface area contributed by atoms with E-state index in [9.17, 15) is 9.59 Å². The van der Waals surface area contributed by atoms with Crippen molar-refractivity contribution in [1.82, 2.24) is 10.2 Å². The Morgan fingerprint density at radius 1 is 0.889 bits per heavy atom. The van der Waals surface area contributed by atoms with Gasteiger partial charge in [-0.25, -0.2) is 0 Å². The van der Waals surface area contributed by atoms with Gasteiger partial charge in [-0.3, -0.25) is 9.59 Å². The summed E-state index contributed by atoms with van der Waals surface area (Å²) >= 11 is 20.4. The molecule has 0 aliphatic rings. The van der Waals surface area contributed by atoms with Gasteiger partial charge in [-0.1, -0.05) is 90.3 Å². The lowest BCUT2D eigenvalue weighted by Gasteiger charge is -2.32. The van der Waals surface area contributed by atoms with Crippen LogP contribution in [-0.4, -0.2) is 35.1 Å². The average molecular weight is 564 g/mol. The molecule has 36 heavy (non-hydrogen) atoms. The summed E-state index contributed by atoms with van der Waals surface area (Å²) in [6, 6.07) is 21.8. The van der Waals surface area contributed by atoms with E-state index >= 15 is 0 Å². The highest BCUT2D eigenvalue weighted by Crippen LogP contribution is 2.28. The van der Waals surface area contributed by atoms with Gasteiger partial charge in [0.2, 0.25) is 11.8 Å². The summed E-state index contributed by atoms with van der Waals surface area (Å²) in [7, 11) is 0. The van der Waals surface area contributed by atoms with E-state index in [0.29, 0.717) is 39.3 Å². The van der Waals surface area contributed by atoms with Crippen LogP contribution in [-0.2, 0) is 28.3 Å². The van der Waals surface area contributed by atoms with Crippen LogP contribution in [0.2, 0.25) is 15.1 Å². The summed E-state index contributed by atoms with van der Waals surface area (Å²) in [6.07, 6.45) is 1.18. The Kier molecular flexibility index (Phi) is 11.5. The van der Waals surface area contributed by atoms with Gasteiger partial charge in [0.15, 0.2) is 0 Å². The molecular weight excluding hydrogens is 535 g/mol. The highest BCUT2D eigenvalue weighted by atomic mass is 35.5. The minimum Gasteiger partial charge on any atom is -0.354 e. The standard InChI is InChI=1S/C28H29Cl3N2O2S/c1-2-15-32-28(35)26(16-20-7-4-3-5-8-20)33(17-23-24(30)9-6-10-25(23)31)27(34)19-36-18-21-11-13-22(29)14-12-21/h3-14,26H,2,15-19H2,1H3,(H,32,35)/t26-/m0/s1. The maximum Gasteiger partial charge on any atom is 0.243 e. The molecule has 0 saturated carbocycles. The topological polar surface area (TPSA) is 49.4 Å². The van der Waals surface area contributed by atoms with E-state index in [0.717, 1.165) is 17.5 Å². The Morgan fingerprint density at radius 3 is 2.19 bits per heavy atom. The van der Waals surface area contributed by atoms with E-state index in [4.69, 9.17) is 34.8 Å². The van der Waals surface area contributed by atoms with Gasteiger partial charge in [0.05, 0.1) is 5.75 Å². The quantitative estimate of drug-likeness (QED) is 0.257. The molecule has 0 aliphatic heterocycles. The lowest BCUT2D eigenvalue weighted by Crippen LogP contribution is -2.51. The van der Waals surface area contributed by atoms with Crippen LogP contribution < -0.4 is 5.32 Å². The van der Waals surface area contributed by atoms with Crippen LogP contribution in [0.15, 0.2) is 72.8 Å². The van der Waals surface area contributed by atoms with Gasteiger partial charge in [0.1, 0.15) is 6.04 Å². The van der Waals surface area contributed by atoms with Crippen LogP contribution in [0.25, 0.3) is 0 Å². The Bertz CT molecular complexity index is 1120. The Labute approximate surface area is 232 Å². The molecule has 0 heterocycles. The van der Waals surface area contributed by atoms with Crippen LogP contribution in [0.5, 0.6) is 0 Å². The smallest absolute Gasteiger partial charge is 0.243 e. The van der Waals surface area contributed by atoms with Crippen LogP contribution in [0.3, 0.4) is 0 Å². The van der Waals surface area contributed by atoms with E-state index in [1.165, 1.54) is 11.8 Å². The number of thioether (sulfide) groups is 1. The number of carbonyl (C=O) groups excluding carboxylic acids is 2. The first kappa shape index (κ1) is 28.4. The molecule has 0 aromatic heterocycles. The average Bonchev–Trinajstić information content (AvgIpc) is 2.88. The first-order valence-electron chi connectivity index (χ1n) is 11.7. The van der Waals surface area contributed by atoms with E-state index in [-0.39, 0.29) is 24.1 Å². The number of nitrogens with one attached hydrogen (secondary N) is 1. The molecule has 0 saturated heterocycles. The molecule has 190 valence electrons. The number of carbonyl (C=O) groups is 2. The largest absolute Gasteiger partial charge is 0.354 e. The second kappa shape index (κ2) is 14.5. The number of amides is 2. The summed E-state index contributed by atoms with van der Waals surface area (Å²) in [5, 5.41) is 4.56. The zero-order valence-electron chi connectivity index (χ0n) is 20.1. The highest BCUT2D eigenvalue weighted by molar-refractivity contribution is 7.99. The van der Waals surface area contributed by atoms with E-state index in [2.05, 4.69) is 5.32 Å². The predicted molar refractivity (Wildman–Crippen MR) is 152 cm³/mol. The van der Waals surface area contributed by atoms with Crippen molar-refractivity contribution >= 4 is 58.4 Å². The van der Waals surface area contributed by atoms with Crippen LogP contribution >= 0.6 is 46.6 Å². The fraction of sp³-hybridized carbons (Fsp3) is 0.286. The molecule has 3 rings (SSSR count). The molecule has 0 unspecified atom stereocenters. The molecule has 8 heteroatoms. The zero-order valence-corrected chi connectivity index (χ0v) is 23.1. The third-order valence-corrected chi connectivity index (χ3v) is 7.57. The maximum atomic E-state index is 13.6. The van der Waals surface area contributed by atoms with Crippen molar-refractivity contribution in [2.24, 2.45) is 0 Å². The number of benzene rings is 3. The van der Waals surface area contributed by atoms with Gasteiger partial charge in [0.25, 0.3) is 0 Å². The van der Waals surface area contributed by atoms with Gasteiger partial charge in [0, 0.05) is 45.9 Å². The van der Waals surface area contributed by atoms with Gasteiger partial charge in [-0.05, 0) is 41.8 Å².